The maximum atomic E-state index is 11.9. The molecule has 0 radical (unpaired) electrons. The summed E-state index contributed by atoms with van der Waals surface area (Å²) in [5, 5.41) is 10.2. The summed E-state index contributed by atoms with van der Waals surface area (Å²) < 4.78 is 4.93. The van der Waals surface area contributed by atoms with Gasteiger partial charge in [0.05, 0.1) is 0 Å². The summed E-state index contributed by atoms with van der Waals surface area (Å²) in [6.07, 6.45) is 5.51. The first-order chi connectivity index (χ1) is 10.1. The van der Waals surface area contributed by atoms with Crippen molar-refractivity contribution >= 4 is 11.7 Å². The molecule has 0 saturated carbocycles. The van der Waals surface area contributed by atoms with Crippen molar-refractivity contribution < 1.29 is 9.32 Å². The Morgan fingerprint density at radius 1 is 1.48 bits per heavy atom. The molecular weight excluding hydrogens is 268 g/mol. The smallest absolute Gasteiger partial charge is 0.226 e. The van der Waals surface area contributed by atoms with Gasteiger partial charge in [0.2, 0.25) is 5.91 Å². The molecule has 2 atom stereocenters. The van der Waals surface area contributed by atoms with Gasteiger partial charge in [0, 0.05) is 37.2 Å². The van der Waals surface area contributed by atoms with E-state index in [0.717, 1.165) is 6.54 Å². The Morgan fingerprint density at radius 3 is 2.81 bits per heavy atom. The van der Waals surface area contributed by atoms with Gasteiger partial charge in [0.25, 0.3) is 0 Å². The van der Waals surface area contributed by atoms with Crippen molar-refractivity contribution in [1.82, 2.24) is 15.4 Å². The second-order valence-electron chi connectivity index (χ2n) is 6.36. The quantitative estimate of drug-likeness (QED) is 0.861. The van der Waals surface area contributed by atoms with Gasteiger partial charge in [-0.15, -0.1) is 0 Å². The molecule has 0 spiro atoms. The molecule has 116 valence electrons. The summed E-state index contributed by atoms with van der Waals surface area (Å²) in [6.45, 7) is 2.59. The van der Waals surface area contributed by atoms with E-state index in [2.05, 4.69) is 27.7 Å². The first-order valence-electron chi connectivity index (χ1n) is 7.79. The SMILES string of the molecule is Cc1cc(NC(=O)CCN(C)C2CC3CCC(C2)N3)no1. The van der Waals surface area contributed by atoms with Gasteiger partial charge in [-0.3, -0.25) is 4.79 Å². The Labute approximate surface area is 125 Å². The molecule has 6 nitrogen and oxygen atoms in total. The number of carbonyl (C=O) groups excluding carboxylic acids is 1. The Morgan fingerprint density at radius 2 is 2.19 bits per heavy atom. The Hall–Kier alpha value is -1.40. The van der Waals surface area contributed by atoms with Gasteiger partial charge in [-0.2, -0.15) is 0 Å². The van der Waals surface area contributed by atoms with E-state index in [-0.39, 0.29) is 5.91 Å². The van der Waals surface area contributed by atoms with Crippen LogP contribution in [-0.2, 0) is 4.79 Å². The first kappa shape index (κ1) is 14.5. The highest BCUT2D eigenvalue weighted by Gasteiger charge is 2.34. The molecule has 21 heavy (non-hydrogen) atoms. The molecular formula is C15H24N4O2. The third-order valence-electron chi connectivity index (χ3n) is 4.66. The van der Waals surface area contributed by atoms with E-state index in [1.807, 2.05) is 6.92 Å². The van der Waals surface area contributed by atoms with Crippen LogP contribution in [0.25, 0.3) is 0 Å². The average Bonchev–Trinajstić information content (AvgIpc) is 3.01. The number of amides is 1. The van der Waals surface area contributed by atoms with Crippen molar-refractivity contribution in [3.63, 3.8) is 0 Å². The van der Waals surface area contributed by atoms with Crippen LogP contribution in [0.15, 0.2) is 10.6 Å². The molecule has 0 aliphatic carbocycles. The topological polar surface area (TPSA) is 70.4 Å². The van der Waals surface area contributed by atoms with Crippen LogP contribution < -0.4 is 10.6 Å². The van der Waals surface area contributed by atoms with Crippen LogP contribution in [0, 0.1) is 6.92 Å². The maximum absolute atomic E-state index is 11.9. The second kappa shape index (κ2) is 6.15. The maximum Gasteiger partial charge on any atom is 0.226 e. The molecule has 6 heteroatoms. The minimum atomic E-state index is -0.00736. The lowest BCUT2D eigenvalue weighted by molar-refractivity contribution is -0.116. The first-order valence-corrected chi connectivity index (χ1v) is 7.79. The van der Waals surface area contributed by atoms with Crippen molar-refractivity contribution in [1.29, 1.82) is 0 Å². The highest BCUT2D eigenvalue weighted by atomic mass is 16.5. The number of nitrogens with one attached hydrogen (secondary N) is 2. The van der Waals surface area contributed by atoms with Gasteiger partial charge < -0.3 is 20.1 Å². The number of aromatic nitrogens is 1. The van der Waals surface area contributed by atoms with E-state index in [0.29, 0.717) is 36.1 Å². The molecule has 3 heterocycles. The number of nitrogens with zero attached hydrogens (tertiary/aromatic N) is 2. The van der Waals surface area contributed by atoms with Crippen molar-refractivity contribution in [2.24, 2.45) is 0 Å². The molecule has 2 N–H and O–H groups in total. The highest BCUT2D eigenvalue weighted by molar-refractivity contribution is 5.89. The van der Waals surface area contributed by atoms with Gasteiger partial charge >= 0.3 is 0 Å². The zero-order valence-electron chi connectivity index (χ0n) is 12.8. The largest absolute Gasteiger partial charge is 0.360 e. The Balaban J connectivity index is 1.43. The monoisotopic (exact) mass is 292 g/mol. The number of hydrogen-bond acceptors (Lipinski definition) is 5. The average molecular weight is 292 g/mol. The van der Waals surface area contributed by atoms with Gasteiger partial charge in [-0.1, -0.05) is 5.16 Å². The molecule has 2 bridgehead atoms. The number of carbonyl (C=O) groups is 1. The second-order valence-corrected chi connectivity index (χ2v) is 6.36. The predicted molar refractivity (Wildman–Crippen MR) is 80.1 cm³/mol. The van der Waals surface area contributed by atoms with Gasteiger partial charge in [-0.05, 0) is 39.7 Å². The third kappa shape index (κ3) is 3.63. The fraction of sp³-hybridized carbons (Fsp3) is 0.733. The van der Waals surface area contributed by atoms with Gasteiger partial charge in [-0.25, -0.2) is 0 Å². The van der Waals surface area contributed by atoms with Crippen LogP contribution in [0.5, 0.6) is 0 Å². The number of hydrogen-bond donors (Lipinski definition) is 2. The molecule has 1 amide bonds. The molecule has 2 unspecified atom stereocenters. The minimum Gasteiger partial charge on any atom is -0.360 e. The molecule has 2 aliphatic rings. The summed E-state index contributed by atoms with van der Waals surface area (Å²) in [4.78, 5) is 14.3. The van der Waals surface area contributed by atoms with Crippen LogP contribution in [0.4, 0.5) is 5.82 Å². The van der Waals surface area contributed by atoms with E-state index in [4.69, 9.17) is 4.52 Å². The predicted octanol–water partition coefficient (Wildman–Crippen LogP) is 1.53. The van der Waals surface area contributed by atoms with Crippen molar-refractivity contribution in [3.8, 4) is 0 Å². The number of anilines is 1. The minimum absolute atomic E-state index is 0.00736. The lowest BCUT2D eigenvalue weighted by atomic mass is 9.98. The number of rotatable bonds is 5. The molecule has 2 fully saturated rings. The molecule has 1 aromatic rings. The van der Waals surface area contributed by atoms with E-state index in [1.54, 1.807) is 6.07 Å². The molecule has 0 aromatic carbocycles. The van der Waals surface area contributed by atoms with Crippen LogP contribution in [-0.4, -0.2) is 47.7 Å². The van der Waals surface area contributed by atoms with Crippen LogP contribution >= 0.6 is 0 Å². The van der Waals surface area contributed by atoms with Crippen LogP contribution in [0.2, 0.25) is 0 Å². The van der Waals surface area contributed by atoms with E-state index >= 15 is 0 Å². The molecule has 3 rings (SSSR count). The summed E-state index contributed by atoms with van der Waals surface area (Å²) >= 11 is 0. The fourth-order valence-electron chi connectivity index (χ4n) is 3.48. The van der Waals surface area contributed by atoms with Crippen molar-refractivity contribution in [3.05, 3.63) is 11.8 Å². The van der Waals surface area contributed by atoms with Gasteiger partial charge in [0.1, 0.15) is 5.76 Å². The number of aryl methyl sites for hydroxylation is 1. The fourth-order valence-corrected chi connectivity index (χ4v) is 3.48. The van der Waals surface area contributed by atoms with E-state index in [1.165, 1.54) is 25.7 Å². The molecule has 2 saturated heterocycles. The van der Waals surface area contributed by atoms with Crippen molar-refractivity contribution in [2.45, 2.75) is 57.2 Å². The summed E-state index contributed by atoms with van der Waals surface area (Å²) in [5.41, 5.74) is 0. The van der Waals surface area contributed by atoms with Crippen molar-refractivity contribution in [2.75, 3.05) is 18.9 Å². The lowest BCUT2D eigenvalue weighted by Gasteiger charge is -2.35. The van der Waals surface area contributed by atoms with E-state index < -0.39 is 0 Å². The van der Waals surface area contributed by atoms with Crippen LogP contribution in [0.3, 0.4) is 0 Å². The summed E-state index contributed by atoms with van der Waals surface area (Å²) in [6, 6.07) is 3.70. The zero-order chi connectivity index (χ0) is 14.8. The molecule has 1 aromatic heterocycles. The van der Waals surface area contributed by atoms with E-state index in [9.17, 15) is 4.79 Å². The normalized spacial score (nSPS) is 28.0. The highest BCUT2D eigenvalue weighted by Crippen LogP contribution is 2.29. The zero-order valence-corrected chi connectivity index (χ0v) is 12.8. The number of piperidine rings is 1. The third-order valence-corrected chi connectivity index (χ3v) is 4.66. The lowest BCUT2D eigenvalue weighted by Crippen LogP contribution is -2.47. The standard InChI is InChI=1S/C15H24N4O2/c1-10-7-14(18-21-10)17-15(20)5-6-19(2)13-8-11-3-4-12(9-13)16-11/h7,11-13,16H,3-6,8-9H2,1-2H3,(H,17,18,20). The number of fused-ring (bicyclic) bond motifs is 2. The molecule has 2 aliphatic heterocycles. The van der Waals surface area contributed by atoms with Gasteiger partial charge in [0.15, 0.2) is 5.82 Å². The summed E-state index contributed by atoms with van der Waals surface area (Å²) in [5.74, 6) is 1.19. The Kier molecular flexibility index (Phi) is 4.26. The summed E-state index contributed by atoms with van der Waals surface area (Å²) in [7, 11) is 2.13. The van der Waals surface area contributed by atoms with Crippen LogP contribution in [0.1, 0.15) is 37.9 Å². The Bertz CT molecular complexity index is 490.